The first kappa shape index (κ1) is 11.6. The Labute approximate surface area is 104 Å². The van der Waals surface area contributed by atoms with Crippen molar-refractivity contribution in [1.82, 2.24) is 0 Å². The SMILES string of the molecule is CSc1ccc(-c2c(C)oc(N)c2C#N)cc1. The number of thioether (sulfide) groups is 1. The van der Waals surface area contributed by atoms with Crippen LogP contribution in [0.25, 0.3) is 11.1 Å². The molecule has 0 fully saturated rings. The fraction of sp³-hybridized carbons (Fsp3) is 0.154. The monoisotopic (exact) mass is 244 g/mol. The topological polar surface area (TPSA) is 62.9 Å². The van der Waals surface area contributed by atoms with E-state index in [0.29, 0.717) is 11.3 Å². The van der Waals surface area contributed by atoms with Crippen molar-refractivity contribution < 1.29 is 4.42 Å². The zero-order valence-corrected chi connectivity index (χ0v) is 10.5. The highest BCUT2D eigenvalue weighted by atomic mass is 32.2. The van der Waals surface area contributed by atoms with Gasteiger partial charge in [-0.15, -0.1) is 11.8 Å². The van der Waals surface area contributed by atoms with E-state index in [1.807, 2.05) is 37.4 Å². The van der Waals surface area contributed by atoms with Crippen LogP contribution in [0.1, 0.15) is 11.3 Å². The molecule has 0 aliphatic carbocycles. The normalized spacial score (nSPS) is 10.2. The number of rotatable bonds is 2. The predicted octanol–water partition coefficient (Wildman–Crippen LogP) is 3.43. The van der Waals surface area contributed by atoms with Crippen LogP contribution >= 0.6 is 11.8 Å². The summed E-state index contributed by atoms with van der Waals surface area (Å²) in [6.45, 7) is 1.81. The minimum Gasteiger partial charge on any atom is -0.444 e. The molecule has 1 heterocycles. The van der Waals surface area contributed by atoms with Gasteiger partial charge in [-0.1, -0.05) is 12.1 Å². The van der Waals surface area contributed by atoms with Gasteiger partial charge in [0.05, 0.1) is 0 Å². The lowest BCUT2D eigenvalue weighted by Gasteiger charge is -2.01. The molecule has 0 radical (unpaired) electrons. The highest BCUT2D eigenvalue weighted by Crippen LogP contribution is 2.34. The van der Waals surface area contributed by atoms with Crippen LogP contribution in [-0.4, -0.2) is 6.26 Å². The van der Waals surface area contributed by atoms with Crippen molar-refractivity contribution in [2.45, 2.75) is 11.8 Å². The van der Waals surface area contributed by atoms with Gasteiger partial charge in [0.25, 0.3) is 0 Å². The van der Waals surface area contributed by atoms with E-state index < -0.39 is 0 Å². The quantitative estimate of drug-likeness (QED) is 0.822. The summed E-state index contributed by atoms with van der Waals surface area (Å²) < 4.78 is 5.30. The van der Waals surface area contributed by atoms with Gasteiger partial charge in [-0.25, -0.2) is 0 Å². The molecule has 86 valence electrons. The van der Waals surface area contributed by atoms with Crippen molar-refractivity contribution in [3.05, 3.63) is 35.6 Å². The number of aryl methyl sites for hydroxylation is 1. The summed E-state index contributed by atoms with van der Waals surface area (Å²) in [6, 6.07) is 10.1. The number of furan rings is 1. The largest absolute Gasteiger partial charge is 0.444 e. The Hall–Kier alpha value is -1.86. The molecule has 4 heteroatoms. The molecule has 2 rings (SSSR count). The van der Waals surface area contributed by atoms with Gasteiger partial charge in [0.15, 0.2) is 0 Å². The van der Waals surface area contributed by atoms with Gasteiger partial charge in [-0.05, 0) is 30.9 Å². The maximum Gasteiger partial charge on any atom is 0.209 e. The van der Waals surface area contributed by atoms with Gasteiger partial charge in [-0.3, -0.25) is 0 Å². The van der Waals surface area contributed by atoms with Gasteiger partial charge < -0.3 is 10.2 Å². The molecule has 2 aromatic rings. The number of benzene rings is 1. The summed E-state index contributed by atoms with van der Waals surface area (Å²) >= 11 is 1.68. The molecule has 0 aliphatic rings. The van der Waals surface area contributed by atoms with Crippen molar-refractivity contribution in [2.75, 3.05) is 12.0 Å². The molecule has 1 aromatic carbocycles. The Bertz CT molecular complexity index is 579. The summed E-state index contributed by atoms with van der Waals surface area (Å²) in [5.41, 5.74) is 7.81. The molecule has 0 spiro atoms. The van der Waals surface area contributed by atoms with Crippen LogP contribution in [-0.2, 0) is 0 Å². The van der Waals surface area contributed by atoms with Crippen molar-refractivity contribution in [3.63, 3.8) is 0 Å². The Kier molecular flexibility index (Phi) is 3.12. The standard InChI is InChI=1S/C13H12N2OS/c1-8-12(11(7-14)13(15)16-8)9-3-5-10(17-2)6-4-9/h3-6H,15H2,1-2H3. The molecule has 0 saturated heterocycles. The van der Waals surface area contributed by atoms with Crippen molar-refractivity contribution in [1.29, 1.82) is 5.26 Å². The molecule has 0 saturated carbocycles. The van der Waals surface area contributed by atoms with E-state index in [0.717, 1.165) is 11.1 Å². The van der Waals surface area contributed by atoms with Crippen LogP contribution in [0.5, 0.6) is 0 Å². The van der Waals surface area contributed by atoms with Crippen LogP contribution in [0.4, 0.5) is 5.88 Å². The third kappa shape index (κ3) is 2.02. The molecule has 0 amide bonds. The number of nitrogen functional groups attached to an aromatic ring is 1. The van der Waals surface area contributed by atoms with E-state index in [1.165, 1.54) is 4.90 Å². The number of nitriles is 1. The molecule has 2 N–H and O–H groups in total. The second-order valence-corrected chi connectivity index (χ2v) is 4.49. The Balaban J connectivity index is 2.56. The van der Waals surface area contributed by atoms with Gasteiger partial charge in [-0.2, -0.15) is 5.26 Å². The zero-order chi connectivity index (χ0) is 12.4. The van der Waals surface area contributed by atoms with E-state index in [9.17, 15) is 0 Å². The van der Waals surface area contributed by atoms with Gasteiger partial charge in [0, 0.05) is 10.5 Å². The summed E-state index contributed by atoms with van der Waals surface area (Å²) in [6.07, 6.45) is 2.02. The second kappa shape index (κ2) is 4.56. The van der Waals surface area contributed by atoms with Crippen LogP contribution in [0.2, 0.25) is 0 Å². The number of nitrogens with two attached hydrogens (primary N) is 1. The Morgan fingerprint density at radius 1 is 1.29 bits per heavy atom. The minimum absolute atomic E-state index is 0.189. The molecule has 17 heavy (non-hydrogen) atoms. The van der Waals surface area contributed by atoms with E-state index in [-0.39, 0.29) is 5.88 Å². The van der Waals surface area contributed by atoms with Crippen LogP contribution in [0.15, 0.2) is 33.6 Å². The average Bonchev–Trinajstić information content (AvgIpc) is 2.63. The van der Waals surface area contributed by atoms with Crippen LogP contribution in [0.3, 0.4) is 0 Å². The molecular weight excluding hydrogens is 232 g/mol. The first-order chi connectivity index (χ1) is 8.17. The van der Waals surface area contributed by atoms with Gasteiger partial charge >= 0.3 is 0 Å². The molecule has 0 aliphatic heterocycles. The van der Waals surface area contributed by atoms with Gasteiger partial charge in [0.2, 0.25) is 5.88 Å². The number of hydrogen-bond donors (Lipinski definition) is 1. The highest BCUT2D eigenvalue weighted by Gasteiger charge is 2.16. The summed E-state index contributed by atoms with van der Waals surface area (Å²) in [7, 11) is 0. The number of hydrogen-bond acceptors (Lipinski definition) is 4. The van der Waals surface area contributed by atoms with E-state index in [2.05, 4.69) is 6.07 Å². The second-order valence-electron chi connectivity index (χ2n) is 3.61. The molecule has 0 bridgehead atoms. The molecular formula is C13H12N2OS. The van der Waals surface area contributed by atoms with Crippen molar-refractivity contribution in [3.8, 4) is 17.2 Å². The maximum absolute atomic E-state index is 9.08. The first-order valence-electron chi connectivity index (χ1n) is 5.10. The molecule has 0 atom stereocenters. The smallest absolute Gasteiger partial charge is 0.209 e. The Morgan fingerprint density at radius 2 is 1.94 bits per heavy atom. The van der Waals surface area contributed by atoms with Crippen molar-refractivity contribution in [2.24, 2.45) is 0 Å². The molecule has 1 aromatic heterocycles. The lowest BCUT2D eigenvalue weighted by atomic mass is 10.0. The summed E-state index contributed by atoms with van der Waals surface area (Å²) in [4.78, 5) is 1.18. The first-order valence-corrected chi connectivity index (χ1v) is 6.33. The van der Waals surface area contributed by atoms with E-state index >= 15 is 0 Å². The average molecular weight is 244 g/mol. The summed E-state index contributed by atoms with van der Waals surface area (Å²) in [5, 5.41) is 9.08. The zero-order valence-electron chi connectivity index (χ0n) is 9.65. The Morgan fingerprint density at radius 3 is 2.47 bits per heavy atom. The third-order valence-corrected chi connectivity index (χ3v) is 3.35. The summed E-state index contributed by atoms with van der Waals surface area (Å²) in [5.74, 6) is 0.866. The number of nitrogens with zero attached hydrogens (tertiary/aromatic N) is 1. The fourth-order valence-corrected chi connectivity index (χ4v) is 2.19. The minimum atomic E-state index is 0.189. The third-order valence-electron chi connectivity index (χ3n) is 2.60. The highest BCUT2D eigenvalue weighted by molar-refractivity contribution is 7.98. The van der Waals surface area contributed by atoms with Crippen LogP contribution in [0, 0.1) is 18.3 Å². The van der Waals surface area contributed by atoms with Crippen LogP contribution < -0.4 is 5.73 Å². The van der Waals surface area contributed by atoms with Crippen molar-refractivity contribution >= 4 is 17.6 Å². The molecule has 3 nitrogen and oxygen atoms in total. The van der Waals surface area contributed by atoms with E-state index in [1.54, 1.807) is 11.8 Å². The number of anilines is 1. The fourth-order valence-electron chi connectivity index (χ4n) is 1.78. The lowest BCUT2D eigenvalue weighted by Crippen LogP contribution is -1.86. The molecule has 0 unspecified atom stereocenters. The van der Waals surface area contributed by atoms with Gasteiger partial charge in [0.1, 0.15) is 17.4 Å². The predicted molar refractivity (Wildman–Crippen MR) is 69.8 cm³/mol. The van der Waals surface area contributed by atoms with E-state index in [4.69, 9.17) is 15.4 Å². The maximum atomic E-state index is 9.08. The lowest BCUT2D eigenvalue weighted by molar-refractivity contribution is 0.554.